The van der Waals surface area contributed by atoms with Crippen molar-refractivity contribution in [3.05, 3.63) is 29.0 Å². The van der Waals surface area contributed by atoms with Crippen LogP contribution in [0.3, 0.4) is 0 Å². The zero-order valence-electron chi connectivity index (χ0n) is 10.8. The van der Waals surface area contributed by atoms with E-state index in [9.17, 15) is 9.18 Å². The lowest BCUT2D eigenvalue weighted by Gasteiger charge is -2.18. The van der Waals surface area contributed by atoms with E-state index in [4.69, 9.17) is 16.3 Å². The van der Waals surface area contributed by atoms with Crippen molar-refractivity contribution in [1.82, 2.24) is 5.32 Å². The van der Waals surface area contributed by atoms with Crippen molar-refractivity contribution >= 4 is 17.5 Å². The molecule has 1 fully saturated rings. The molecule has 3 nitrogen and oxygen atoms in total. The molecule has 1 saturated carbocycles. The minimum Gasteiger partial charge on any atom is -0.479 e. The Morgan fingerprint density at radius 3 is 2.79 bits per heavy atom. The number of hydrogen-bond donors (Lipinski definition) is 1. The Hall–Kier alpha value is -1.29. The number of ether oxygens (including phenoxy) is 1. The molecule has 1 aromatic rings. The Kier molecular flexibility index (Phi) is 4.64. The average Bonchev–Trinajstić information content (AvgIpc) is 2.85. The summed E-state index contributed by atoms with van der Waals surface area (Å²) in [5, 5.41) is 3.12. The van der Waals surface area contributed by atoms with Crippen LogP contribution < -0.4 is 10.1 Å². The summed E-state index contributed by atoms with van der Waals surface area (Å²) in [6, 6.07) is 4.10. The van der Waals surface area contributed by atoms with Crippen LogP contribution in [0, 0.1) is 5.82 Å². The van der Waals surface area contributed by atoms with E-state index < -0.39 is 11.9 Å². The average molecular weight is 286 g/mol. The lowest BCUT2D eigenvalue weighted by Crippen LogP contribution is -2.41. The monoisotopic (exact) mass is 285 g/mol. The second kappa shape index (κ2) is 6.24. The zero-order chi connectivity index (χ0) is 13.8. The number of benzene rings is 1. The van der Waals surface area contributed by atoms with Gasteiger partial charge in [-0.05, 0) is 38.0 Å². The van der Waals surface area contributed by atoms with Crippen LogP contribution in [-0.2, 0) is 4.79 Å². The number of carbonyl (C=O) groups is 1. The largest absolute Gasteiger partial charge is 0.479 e. The van der Waals surface area contributed by atoms with E-state index in [2.05, 4.69) is 5.32 Å². The minimum atomic E-state index is -0.649. The van der Waals surface area contributed by atoms with Gasteiger partial charge in [-0.2, -0.15) is 0 Å². The summed E-state index contributed by atoms with van der Waals surface area (Å²) in [7, 11) is 0. The fourth-order valence-corrected chi connectivity index (χ4v) is 2.42. The molecule has 1 aromatic carbocycles. The molecular weight excluding hydrogens is 269 g/mol. The highest BCUT2D eigenvalue weighted by atomic mass is 35.5. The molecule has 5 heteroatoms. The Balaban J connectivity index is 1.92. The van der Waals surface area contributed by atoms with Gasteiger partial charge in [0.05, 0.1) is 5.02 Å². The third kappa shape index (κ3) is 3.83. The van der Waals surface area contributed by atoms with Crippen LogP contribution in [0.5, 0.6) is 5.75 Å². The van der Waals surface area contributed by atoms with Crippen LogP contribution in [0.25, 0.3) is 0 Å². The highest BCUT2D eigenvalue weighted by Crippen LogP contribution is 2.26. The summed E-state index contributed by atoms with van der Waals surface area (Å²) in [5.74, 6) is -0.273. The van der Waals surface area contributed by atoms with Crippen molar-refractivity contribution in [2.75, 3.05) is 0 Å². The summed E-state index contributed by atoms with van der Waals surface area (Å²) in [6.45, 7) is 1.66. The molecule has 0 radical (unpaired) electrons. The zero-order valence-corrected chi connectivity index (χ0v) is 11.5. The van der Waals surface area contributed by atoms with E-state index in [0.29, 0.717) is 5.75 Å². The molecule has 1 amide bonds. The van der Waals surface area contributed by atoms with Crippen molar-refractivity contribution in [3.63, 3.8) is 0 Å². The normalized spacial score (nSPS) is 17.2. The predicted molar refractivity (Wildman–Crippen MR) is 71.9 cm³/mol. The Morgan fingerprint density at radius 1 is 1.47 bits per heavy atom. The van der Waals surface area contributed by atoms with Crippen LogP contribution in [0.4, 0.5) is 4.39 Å². The maximum atomic E-state index is 12.9. The molecule has 0 unspecified atom stereocenters. The molecular formula is C14H17ClFNO2. The van der Waals surface area contributed by atoms with Gasteiger partial charge < -0.3 is 10.1 Å². The van der Waals surface area contributed by atoms with Crippen molar-refractivity contribution < 1.29 is 13.9 Å². The van der Waals surface area contributed by atoms with E-state index >= 15 is 0 Å². The smallest absolute Gasteiger partial charge is 0.260 e. The summed E-state index contributed by atoms with van der Waals surface area (Å²) < 4.78 is 18.4. The molecule has 0 bridgehead atoms. The molecule has 2 rings (SSSR count). The summed E-state index contributed by atoms with van der Waals surface area (Å²) >= 11 is 5.85. The van der Waals surface area contributed by atoms with E-state index in [1.165, 1.54) is 18.2 Å². The molecule has 1 atom stereocenters. The highest BCUT2D eigenvalue weighted by Gasteiger charge is 2.22. The standard InChI is InChI=1S/C14H17ClFNO2/c1-9(14(18)17-11-4-2-3-5-11)19-13-7-6-10(16)8-12(13)15/h6-9,11H,2-5H2,1H3,(H,17,18)/t9-/m1/s1. The van der Waals surface area contributed by atoms with Crippen LogP contribution in [0.15, 0.2) is 18.2 Å². The van der Waals surface area contributed by atoms with E-state index in [1.807, 2.05) is 0 Å². The fourth-order valence-electron chi connectivity index (χ4n) is 2.20. The van der Waals surface area contributed by atoms with Gasteiger partial charge in [0, 0.05) is 6.04 Å². The van der Waals surface area contributed by atoms with E-state index in [1.54, 1.807) is 6.92 Å². The third-order valence-corrected chi connectivity index (χ3v) is 3.56. The van der Waals surface area contributed by atoms with Crippen molar-refractivity contribution in [3.8, 4) is 5.75 Å². The summed E-state index contributed by atoms with van der Waals surface area (Å²) in [4.78, 5) is 11.9. The van der Waals surface area contributed by atoms with Gasteiger partial charge in [-0.3, -0.25) is 4.79 Å². The topological polar surface area (TPSA) is 38.3 Å². The first-order valence-corrected chi connectivity index (χ1v) is 6.86. The molecule has 1 aliphatic rings. The lowest BCUT2D eigenvalue weighted by molar-refractivity contribution is -0.127. The molecule has 104 valence electrons. The summed E-state index contributed by atoms with van der Waals surface area (Å²) in [5.41, 5.74) is 0. The maximum Gasteiger partial charge on any atom is 0.260 e. The lowest BCUT2D eigenvalue weighted by atomic mass is 10.2. The number of rotatable bonds is 4. The Labute approximate surface area is 117 Å². The third-order valence-electron chi connectivity index (χ3n) is 3.27. The van der Waals surface area contributed by atoms with Gasteiger partial charge >= 0.3 is 0 Å². The van der Waals surface area contributed by atoms with Gasteiger partial charge in [0.2, 0.25) is 0 Å². The van der Waals surface area contributed by atoms with E-state index in [-0.39, 0.29) is 17.0 Å². The van der Waals surface area contributed by atoms with Gasteiger partial charge in [0.15, 0.2) is 6.10 Å². The first-order valence-electron chi connectivity index (χ1n) is 6.48. The molecule has 0 spiro atoms. The van der Waals surface area contributed by atoms with Gasteiger partial charge in [-0.25, -0.2) is 4.39 Å². The SMILES string of the molecule is C[C@@H](Oc1ccc(F)cc1Cl)C(=O)NC1CCCC1. The number of nitrogens with one attached hydrogen (secondary N) is 1. The summed E-state index contributed by atoms with van der Waals surface area (Å²) in [6.07, 6.45) is 3.71. The first-order chi connectivity index (χ1) is 9.06. The molecule has 0 heterocycles. The quantitative estimate of drug-likeness (QED) is 0.922. The number of hydrogen-bond acceptors (Lipinski definition) is 2. The van der Waals surface area contributed by atoms with Gasteiger partial charge in [-0.15, -0.1) is 0 Å². The molecule has 1 aliphatic carbocycles. The van der Waals surface area contributed by atoms with Crippen LogP contribution in [0.1, 0.15) is 32.6 Å². The minimum absolute atomic E-state index is 0.160. The number of carbonyl (C=O) groups excluding carboxylic acids is 1. The molecule has 1 N–H and O–H groups in total. The van der Waals surface area contributed by atoms with Gasteiger partial charge in [0.25, 0.3) is 5.91 Å². The van der Waals surface area contributed by atoms with Crippen LogP contribution >= 0.6 is 11.6 Å². The van der Waals surface area contributed by atoms with Crippen molar-refractivity contribution in [1.29, 1.82) is 0 Å². The Morgan fingerprint density at radius 2 is 2.16 bits per heavy atom. The Bertz CT molecular complexity index is 461. The van der Waals surface area contributed by atoms with Crippen molar-refractivity contribution in [2.45, 2.75) is 44.8 Å². The van der Waals surface area contributed by atoms with E-state index in [0.717, 1.165) is 25.7 Å². The van der Waals surface area contributed by atoms with Crippen LogP contribution in [-0.4, -0.2) is 18.1 Å². The fraction of sp³-hybridized carbons (Fsp3) is 0.500. The number of amides is 1. The van der Waals surface area contributed by atoms with Crippen molar-refractivity contribution in [2.24, 2.45) is 0 Å². The maximum absolute atomic E-state index is 12.9. The highest BCUT2D eigenvalue weighted by molar-refractivity contribution is 6.32. The second-order valence-corrected chi connectivity index (χ2v) is 5.23. The molecule has 0 saturated heterocycles. The molecule has 19 heavy (non-hydrogen) atoms. The molecule has 0 aromatic heterocycles. The van der Waals surface area contributed by atoms with Crippen LogP contribution in [0.2, 0.25) is 5.02 Å². The number of halogens is 2. The van der Waals surface area contributed by atoms with Gasteiger partial charge in [-0.1, -0.05) is 24.4 Å². The first kappa shape index (κ1) is 14.1. The van der Waals surface area contributed by atoms with Gasteiger partial charge in [0.1, 0.15) is 11.6 Å². The molecule has 0 aliphatic heterocycles. The second-order valence-electron chi connectivity index (χ2n) is 4.82. The predicted octanol–water partition coefficient (Wildman–Crippen LogP) is 3.31.